The van der Waals surface area contributed by atoms with Crippen molar-refractivity contribution in [2.24, 2.45) is 0 Å². The van der Waals surface area contributed by atoms with Gasteiger partial charge in [0.15, 0.2) is 0 Å². The summed E-state index contributed by atoms with van der Waals surface area (Å²) in [5, 5.41) is 9.89. The number of ether oxygens (including phenoxy) is 1. The summed E-state index contributed by atoms with van der Waals surface area (Å²) in [7, 11) is 1.59. The van der Waals surface area contributed by atoms with Gasteiger partial charge in [-0.15, -0.1) is 0 Å². The Balaban J connectivity index is 1.97. The number of benzene rings is 1. The molecule has 134 valence electrons. The number of methoxy groups -OCH3 is 1. The number of amides is 2. The van der Waals surface area contributed by atoms with Crippen molar-refractivity contribution in [2.75, 3.05) is 7.11 Å². The van der Waals surface area contributed by atoms with E-state index in [1.807, 2.05) is 43.5 Å². The molecule has 0 aliphatic carbocycles. The molecule has 2 aromatic rings. The van der Waals surface area contributed by atoms with Crippen molar-refractivity contribution >= 4 is 11.8 Å². The minimum Gasteiger partial charge on any atom is -0.497 e. The van der Waals surface area contributed by atoms with Gasteiger partial charge in [-0.05, 0) is 30.7 Å². The van der Waals surface area contributed by atoms with Gasteiger partial charge in [0, 0.05) is 25.4 Å². The van der Waals surface area contributed by atoms with E-state index in [0.717, 1.165) is 11.3 Å². The van der Waals surface area contributed by atoms with Crippen molar-refractivity contribution < 1.29 is 14.3 Å². The molecule has 2 N–H and O–H groups in total. The van der Waals surface area contributed by atoms with E-state index in [2.05, 4.69) is 15.7 Å². The molecular formula is C18H24N4O3. The Hall–Kier alpha value is -2.83. The highest BCUT2D eigenvalue weighted by atomic mass is 16.5. The van der Waals surface area contributed by atoms with Gasteiger partial charge in [-0.3, -0.25) is 14.3 Å². The average Bonchev–Trinajstić information content (AvgIpc) is 3.06. The smallest absolute Gasteiger partial charge is 0.222 e. The van der Waals surface area contributed by atoms with E-state index < -0.39 is 0 Å². The molecule has 0 aliphatic rings. The monoisotopic (exact) mass is 344 g/mol. The summed E-state index contributed by atoms with van der Waals surface area (Å²) in [6.45, 7) is 3.95. The molecule has 1 aromatic carbocycles. The second-order valence-electron chi connectivity index (χ2n) is 5.93. The van der Waals surface area contributed by atoms with E-state index in [9.17, 15) is 9.59 Å². The van der Waals surface area contributed by atoms with Gasteiger partial charge in [0.25, 0.3) is 0 Å². The Bertz CT molecular complexity index is 683. The van der Waals surface area contributed by atoms with Crippen molar-refractivity contribution in [2.45, 2.75) is 38.9 Å². The highest BCUT2D eigenvalue weighted by Crippen LogP contribution is 2.20. The molecule has 0 saturated heterocycles. The molecule has 2 amide bonds. The van der Waals surface area contributed by atoms with Gasteiger partial charge in [0.05, 0.1) is 26.1 Å². The van der Waals surface area contributed by atoms with Crippen LogP contribution in [0.5, 0.6) is 5.75 Å². The number of hydrogen-bond acceptors (Lipinski definition) is 4. The highest BCUT2D eigenvalue weighted by molar-refractivity contribution is 5.79. The van der Waals surface area contributed by atoms with Gasteiger partial charge in [-0.1, -0.05) is 12.1 Å². The molecule has 0 spiro atoms. The number of hydrogen-bond donors (Lipinski definition) is 2. The number of nitrogens with one attached hydrogen (secondary N) is 2. The summed E-state index contributed by atoms with van der Waals surface area (Å²) in [5.74, 6) is 0.412. The molecule has 25 heavy (non-hydrogen) atoms. The largest absolute Gasteiger partial charge is 0.497 e. The first-order chi connectivity index (χ1) is 12.0. The SMILES string of the molecule is COc1ccc([C@@H](CC(=O)N[C@H](C)Cn2cccn2)NC(C)=O)cc1. The van der Waals surface area contributed by atoms with Gasteiger partial charge in [0.1, 0.15) is 5.75 Å². The summed E-state index contributed by atoms with van der Waals surface area (Å²) in [5.41, 5.74) is 0.853. The fraction of sp³-hybridized carbons (Fsp3) is 0.389. The maximum absolute atomic E-state index is 12.4. The molecule has 0 aliphatic heterocycles. The Morgan fingerprint density at radius 2 is 1.96 bits per heavy atom. The van der Waals surface area contributed by atoms with Gasteiger partial charge in [-0.2, -0.15) is 5.10 Å². The van der Waals surface area contributed by atoms with Crippen LogP contribution >= 0.6 is 0 Å². The molecule has 2 atom stereocenters. The first kappa shape index (κ1) is 18.5. The zero-order chi connectivity index (χ0) is 18.2. The van der Waals surface area contributed by atoms with Crippen LogP contribution in [0.1, 0.15) is 31.9 Å². The molecular weight excluding hydrogens is 320 g/mol. The second kappa shape index (κ2) is 8.86. The molecule has 1 aromatic heterocycles. The molecule has 1 heterocycles. The Labute approximate surface area is 147 Å². The third-order valence-electron chi connectivity index (χ3n) is 3.71. The lowest BCUT2D eigenvalue weighted by Gasteiger charge is -2.20. The van der Waals surface area contributed by atoms with Crippen molar-refractivity contribution in [1.82, 2.24) is 20.4 Å². The molecule has 7 heteroatoms. The fourth-order valence-corrected chi connectivity index (χ4v) is 2.59. The van der Waals surface area contributed by atoms with Crippen LogP contribution < -0.4 is 15.4 Å². The lowest BCUT2D eigenvalue weighted by Crippen LogP contribution is -2.38. The van der Waals surface area contributed by atoms with Gasteiger partial charge < -0.3 is 15.4 Å². The van der Waals surface area contributed by atoms with E-state index >= 15 is 0 Å². The van der Waals surface area contributed by atoms with Crippen LogP contribution in [0.4, 0.5) is 0 Å². The second-order valence-corrected chi connectivity index (χ2v) is 5.93. The van der Waals surface area contributed by atoms with E-state index in [0.29, 0.717) is 6.54 Å². The van der Waals surface area contributed by atoms with E-state index in [1.54, 1.807) is 18.0 Å². The van der Waals surface area contributed by atoms with Gasteiger partial charge >= 0.3 is 0 Å². The number of nitrogens with zero attached hydrogens (tertiary/aromatic N) is 2. The van der Waals surface area contributed by atoms with Crippen LogP contribution in [0.3, 0.4) is 0 Å². The number of rotatable bonds is 8. The molecule has 0 fully saturated rings. The predicted molar refractivity (Wildman–Crippen MR) is 94.0 cm³/mol. The standard InChI is InChI=1S/C18H24N4O3/c1-13(12-22-10-4-9-19-22)20-18(24)11-17(21-14(2)23)15-5-7-16(25-3)8-6-15/h4-10,13,17H,11-12H2,1-3H3,(H,20,24)(H,21,23)/t13-,17-/m1/s1. The summed E-state index contributed by atoms with van der Waals surface area (Å²) >= 11 is 0. The Kier molecular flexibility index (Phi) is 6.56. The van der Waals surface area contributed by atoms with Crippen LogP contribution in [0, 0.1) is 0 Å². The lowest BCUT2D eigenvalue weighted by atomic mass is 10.0. The van der Waals surface area contributed by atoms with Crippen molar-refractivity contribution in [1.29, 1.82) is 0 Å². The van der Waals surface area contributed by atoms with Crippen LogP contribution in [0.2, 0.25) is 0 Å². The zero-order valence-corrected chi connectivity index (χ0v) is 14.7. The minimum absolute atomic E-state index is 0.0683. The molecule has 0 radical (unpaired) electrons. The predicted octanol–water partition coefficient (Wildman–Crippen LogP) is 1.66. The Morgan fingerprint density at radius 1 is 1.24 bits per heavy atom. The molecule has 7 nitrogen and oxygen atoms in total. The number of carbonyl (C=O) groups excluding carboxylic acids is 2. The van der Waals surface area contributed by atoms with Crippen molar-refractivity contribution in [3.05, 3.63) is 48.3 Å². The van der Waals surface area contributed by atoms with E-state index in [-0.39, 0.29) is 30.3 Å². The summed E-state index contributed by atoms with van der Waals surface area (Å²) in [4.78, 5) is 23.8. The number of carbonyl (C=O) groups is 2. The van der Waals surface area contributed by atoms with E-state index in [4.69, 9.17) is 4.74 Å². The molecule has 0 bridgehead atoms. The Morgan fingerprint density at radius 3 is 2.52 bits per heavy atom. The maximum Gasteiger partial charge on any atom is 0.222 e. The van der Waals surface area contributed by atoms with Gasteiger partial charge in [-0.25, -0.2) is 0 Å². The highest BCUT2D eigenvalue weighted by Gasteiger charge is 2.18. The normalized spacial score (nSPS) is 12.9. The first-order valence-electron chi connectivity index (χ1n) is 8.15. The van der Waals surface area contributed by atoms with Crippen LogP contribution in [-0.4, -0.2) is 34.7 Å². The minimum atomic E-state index is -0.389. The molecule has 0 unspecified atom stereocenters. The van der Waals surface area contributed by atoms with Crippen LogP contribution in [-0.2, 0) is 16.1 Å². The van der Waals surface area contributed by atoms with Crippen molar-refractivity contribution in [3.8, 4) is 5.75 Å². The molecule has 2 rings (SSSR count). The fourth-order valence-electron chi connectivity index (χ4n) is 2.59. The number of aromatic nitrogens is 2. The maximum atomic E-state index is 12.4. The van der Waals surface area contributed by atoms with Gasteiger partial charge in [0.2, 0.25) is 11.8 Å². The summed E-state index contributed by atoms with van der Waals surface area (Å²) in [6, 6.07) is 8.69. The summed E-state index contributed by atoms with van der Waals surface area (Å²) < 4.78 is 6.90. The zero-order valence-electron chi connectivity index (χ0n) is 14.7. The van der Waals surface area contributed by atoms with E-state index in [1.165, 1.54) is 6.92 Å². The third kappa shape index (κ3) is 5.95. The topological polar surface area (TPSA) is 85.2 Å². The van der Waals surface area contributed by atoms with Crippen LogP contribution in [0.15, 0.2) is 42.7 Å². The summed E-state index contributed by atoms with van der Waals surface area (Å²) in [6.07, 6.45) is 3.71. The average molecular weight is 344 g/mol. The lowest BCUT2D eigenvalue weighted by molar-refractivity contribution is -0.123. The quantitative estimate of drug-likeness (QED) is 0.763. The third-order valence-corrected chi connectivity index (χ3v) is 3.71. The van der Waals surface area contributed by atoms with Crippen LogP contribution in [0.25, 0.3) is 0 Å². The first-order valence-corrected chi connectivity index (χ1v) is 8.15. The molecule has 0 saturated carbocycles. The van der Waals surface area contributed by atoms with Crippen molar-refractivity contribution in [3.63, 3.8) is 0 Å².